The first kappa shape index (κ1) is 15.6. The van der Waals surface area contributed by atoms with E-state index < -0.39 is 12.0 Å². The van der Waals surface area contributed by atoms with Gasteiger partial charge in [0.15, 0.2) is 0 Å². The van der Waals surface area contributed by atoms with Gasteiger partial charge in [0, 0.05) is 6.07 Å². The van der Waals surface area contributed by atoms with Crippen molar-refractivity contribution in [3.63, 3.8) is 0 Å². The quantitative estimate of drug-likeness (QED) is 0.458. The minimum atomic E-state index is -0.738. The van der Waals surface area contributed by atoms with E-state index in [0.29, 0.717) is 5.56 Å². The van der Waals surface area contributed by atoms with Crippen LogP contribution < -0.4 is 10.5 Å². The number of phenols is 2. The van der Waals surface area contributed by atoms with Crippen molar-refractivity contribution in [2.75, 3.05) is 0 Å². The molecule has 1 unspecified atom stereocenters. The minimum Gasteiger partial charge on any atom is -0.508 e. The van der Waals surface area contributed by atoms with E-state index in [1.807, 2.05) is 6.08 Å². The van der Waals surface area contributed by atoms with Crippen LogP contribution in [0.25, 0.3) is 12.2 Å². The molecule has 0 fully saturated rings. The monoisotopic (exact) mass is 299 g/mol. The topological polar surface area (TPSA) is 92.8 Å². The maximum absolute atomic E-state index is 11.5. The van der Waals surface area contributed by atoms with Gasteiger partial charge in [0.2, 0.25) is 0 Å². The molecule has 2 aromatic rings. The lowest BCUT2D eigenvalue weighted by atomic mass is 10.1. The summed E-state index contributed by atoms with van der Waals surface area (Å²) < 4.78 is 5.07. The highest BCUT2D eigenvalue weighted by atomic mass is 16.5. The van der Waals surface area contributed by atoms with Crippen molar-refractivity contribution in [1.29, 1.82) is 0 Å². The van der Waals surface area contributed by atoms with Crippen LogP contribution in [0.4, 0.5) is 0 Å². The zero-order chi connectivity index (χ0) is 16.1. The Morgan fingerprint density at radius 3 is 2.32 bits per heavy atom. The lowest BCUT2D eigenvalue weighted by molar-refractivity contribution is -0.135. The number of aromatic hydroxyl groups is 2. The molecule has 4 N–H and O–H groups in total. The van der Waals surface area contributed by atoms with Crippen LogP contribution in [-0.4, -0.2) is 22.2 Å². The summed E-state index contributed by atoms with van der Waals surface area (Å²) in [4.78, 5) is 11.5. The molecule has 0 aromatic heterocycles. The van der Waals surface area contributed by atoms with Crippen LogP contribution in [0.5, 0.6) is 17.2 Å². The Hall–Kier alpha value is -2.79. The molecule has 5 nitrogen and oxygen atoms in total. The van der Waals surface area contributed by atoms with Gasteiger partial charge in [-0.15, -0.1) is 0 Å². The van der Waals surface area contributed by atoms with E-state index in [1.54, 1.807) is 42.5 Å². The van der Waals surface area contributed by atoms with Crippen LogP contribution in [-0.2, 0) is 4.79 Å². The third-order valence-corrected chi connectivity index (χ3v) is 2.87. The second kappa shape index (κ2) is 6.78. The van der Waals surface area contributed by atoms with Crippen molar-refractivity contribution in [2.45, 2.75) is 13.0 Å². The standard InChI is InChI=1S/C17H17NO4/c1-11(18)17(21)22-16-9-13(8-15(20)10-16)3-2-12-4-6-14(19)7-5-12/h2-11,19-20H,18H2,1H3/b3-2+. The van der Waals surface area contributed by atoms with Crippen LogP contribution in [0.3, 0.4) is 0 Å². The van der Waals surface area contributed by atoms with E-state index in [1.165, 1.54) is 13.0 Å². The molecule has 0 amide bonds. The van der Waals surface area contributed by atoms with Crippen molar-refractivity contribution in [3.05, 3.63) is 53.6 Å². The highest BCUT2D eigenvalue weighted by molar-refractivity contribution is 5.78. The molecule has 0 aliphatic rings. The number of benzene rings is 2. The molecule has 114 valence electrons. The fourth-order valence-electron chi connectivity index (χ4n) is 1.75. The Kier molecular flexibility index (Phi) is 4.80. The van der Waals surface area contributed by atoms with Crippen LogP contribution in [0.15, 0.2) is 42.5 Å². The molecule has 0 saturated carbocycles. The number of carbonyl (C=O) groups is 1. The van der Waals surface area contributed by atoms with Gasteiger partial charge in [-0.3, -0.25) is 0 Å². The Morgan fingerprint density at radius 2 is 1.68 bits per heavy atom. The molecule has 0 aliphatic carbocycles. The number of phenolic OH excluding ortho intramolecular Hbond substituents is 2. The van der Waals surface area contributed by atoms with Gasteiger partial charge in [-0.25, -0.2) is 4.79 Å². The highest BCUT2D eigenvalue weighted by Crippen LogP contribution is 2.24. The van der Waals surface area contributed by atoms with Gasteiger partial charge in [-0.2, -0.15) is 0 Å². The molecule has 0 bridgehead atoms. The number of nitrogens with two attached hydrogens (primary N) is 1. The number of carbonyl (C=O) groups excluding carboxylic acids is 1. The fraction of sp³-hybridized carbons (Fsp3) is 0.118. The second-order valence-corrected chi connectivity index (χ2v) is 4.89. The summed E-state index contributed by atoms with van der Waals surface area (Å²) >= 11 is 0. The highest BCUT2D eigenvalue weighted by Gasteiger charge is 2.11. The van der Waals surface area contributed by atoms with Gasteiger partial charge in [-0.1, -0.05) is 24.3 Å². The zero-order valence-electron chi connectivity index (χ0n) is 12.1. The maximum Gasteiger partial charge on any atom is 0.328 e. The summed E-state index contributed by atoms with van der Waals surface area (Å²) in [6.07, 6.45) is 3.57. The predicted octanol–water partition coefficient (Wildman–Crippen LogP) is 2.52. The normalized spacial score (nSPS) is 12.3. The van der Waals surface area contributed by atoms with Gasteiger partial charge >= 0.3 is 5.97 Å². The second-order valence-electron chi connectivity index (χ2n) is 4.89. The Labute approximate surface area is 128 Å². The summed E-state index contributed by atoms with van der Waals surface area (Å²) in [5, 5.41) is 18.9. The Morgan fingerprint density at radius 1 is 1.05 bits per heavy atom. The van der Waals surface area contributed by atoms with E-state index in [2.05, 4.69) is 0 Å². The third kappa shape index (κ3) is 4.36. The molecule has 0 aliphatic heterocycles. The average molecular weight is 299 g/mol. The minimum absolute atomic E-state index is 0.0136. The number of ether oxygens (including phenoxy) is 1. The molecule has 22 heavy (non-hydrogen) atoms. The molecule has 0 spiro atoms. The number of hydrogen-bond donors (Lipinski definition) is 3. The lowest BCUT2D eigenvalue weighted by Gasteiger charge is -2.08. The summed E-state index contributed by atoms with van der Waals surface area (Å²) in [6, 6.07) is 10.4. The van der Waals surface area contributed by atoms with Crippen LogP contribution >= 0.6 is 0 Å². The molecule has 0 heterocycles. The molecule has 5 heteroatoms. The number of hydrogen-bond acceptors (Lipinski definition) is 5. The average Bonchev–Trinajstić information content (AvgIpc) is 2.46. The number of esters is 1. The van der Waals surface area contributed by atoms with E-state index in [0.717, 1.165) is 5.56 Å². The van der Waals surface area contributed by atoms with Gasteiger partial charge in [0.25, 0.3) is 0 Å². The van der Waals surface area contributed by atoms with Gasteiger partial charge < -0.3 is 20.7 Å². The largest absolute Gasteiger partial charge is 0.508 e. The molecule has 0 radical (unpaired) electrons. The summed E-state index contributed by atoms with van der Waals surface area (Å²) in [7, 11) is 0. The lowest BCUT2D eigenvalue weighted by Crippen LogP contribution is -2.30. The predicted molar refractivity (Wildman–Crippen MR) is 84.4 cm³/mol. The summed E-state index contributed by atoms with van der Waals surface area (Å²) in [5.41, 5.74) is 6.99. The van der Waals surface area contributed by atoms with E-state index in [9.17, 15) is 15.0 Å². The smallest absolute Gasteiger partial charge is 0.328 e. The van der Waals surface area contributed by atoms with Crippen molar-refractivity contribution < 1.29 is 19.7 Å². The van der Waals surface area contributed by atoms with E-state index >= 15 is 0 Å². The van der Waals surface area contributed by atoms with Gasteiger partial charge in [0.05, 0.1) is 0 Å². The number of rotatable bonds is 4. The van der Waals surface area contributed by atoms with Crippen molar-refractivity contribution in [3.8, 4) is 17.2 Å². The first-order valence-corrected chi connectivity index (χ1v) is 6.72. The van der Waals surface area contributed by atoms with E-state index in [-0.39, 0.29) is 17.2 Å². The fourth-order valence-corrected chi connectivity index (χ4v) is 1.75. The SMILES string of the molecule is CC(N)C(=O)Oc1cc(O)cc(/C=C/c2ccc(O)cc2)c1. The van der Waals surface area contributed by atoms with Crippen molar-refractivity contribution >= 4 is 18.1 Å². The van der Waals surface area contributed by atoms with Crippen LogP contribution in [0.1, 0.15) is 18.1 Å². The summed E-state index contributed by atoms with van der Waals surface area (Å²) in [6.45, 7) is 1.52. The van der Waals surface area contributed by atoms with Gasteiger partial charge in [-0.05, 0) is 42.3 Å². The van der Waals surface area contributed by atoms with E-state index in [4.69, 9.17) is 10.5 Å². The zero-order valence-corrected chi connectivity index (χ0v) is 12.1. The molecule has 0 saturated heterocycles. The first-order valence-electron chi connectivity index (χ1n) is 6.72. The van der Waals surface area contributed by atoms with Crippen molar-refractivity contribution in [1.82, 2.24) is 0 Å². The maximum atomic E-state index is 11.5. The third-order valence-electron chi connectivity index (χ3n) is 2.87. The van der Waals surface area contributed by atoms with Gasteiger partial charge in [0.1, 0.15) is 23.3 Å². The molecule has 2 rings (SSSR count). The van der Waals surface area contributed by atoms with Crippen LogP contribution in [0, 0.1) is 0 Å². The Balaban J connectivity index is 2.19. The molecular formula is C17H17NO4. The Bertz CT molecular complexity index is 690. The van der Waals surface area contributed by atoms with Crippen molar-refractivity contribution in [2.24, 2.45) is 5.73 Å². The summed E-state index contributed by atoms with van der Waals surface area (Å²) in [5.74, 6) is -0.161. The molecule has 2 aromatic carbocycles. The molecule has 1 atom stereocenters. The van der Waals surface area contributed by atoms with Crippen LogP contribution in [0.2, 0.25) is 0 Å². The first-order chi connectivity index (χ1) is 10.4. The molecular weight excluding hydrogens is 282 g/mol.